The van der Waals surface area contributed by atoms with Crippen molar-refractivity contribution in [3.8, 4) is 0 Å². The van der Waals surface area contributed by atoms with E-state index >= 15 is 0 Å². The molecule has 0 aromatic carbocycles. The Morgan fingerprint density at radius 3 is 3.20 bits per heavy atom. The summed E-state index contributed by atoms with van der Waals surface area (Å²) in [7, 11) is 0. The lowest BCUT2D eigenvalue weighted by molar-refractivity contribution is -0.0208. The second-order valence-corrected chi connectivity index (χ2v) is 4.59. The molecule has 4 heteroatoms. The Balaban J connectivity index is 1.88. The molecule has 2 unspecified atom stereocenters. The van der Waals surface area contributed by atoms with Gasteiger partial charge in [-0.2, -0.15) is 0 Å². The van der Waals surface area contributed by atoms with E-state index in [9.17, 15) is 4.79 Å². The molecule has 0 bridgehead atoms. The van der Waals surface area contributed by atoms with E-state index in [4.69, 9.17) is 9.47 Å². The highest BCUT2D eigenvalue weighted by atomic mass is 32.1. The largest absolute Gasteiger partial charge is 0.456 e. The second kappa shape index (κ2) is 4.77. The topological polar surface area (TPSA) is 35.5 Å². The summed E-state index contributed by atoms with van der Waals surface area (Å²) in [4.78, 5) is 12.3. The van der Waals surface area contributed by atoms with Crippen LogP contribution in [0.3, 0.4) is 0 Å². The summed E-state index contributed by atoms with van der Waals surface area (Å²) in [5, 5.41) is 1.87. The molecule has 1 aromatic heterocycles. The number of esters is 1. The minimum absolute atomic E-state index is 0.0777. The molecule has 0 aliphatic carbocycles. The van der Waals surface area contributed by atoms with Crippen LogP contribution in [0.2, 0.25) is 0 Å². The minimum Gasteiger partial charge on any atom is -0.456 e. The van der Waals surface area contributed by atoms with Gasteiger partial charge in [0.2, 0.25) is 0 Å². The number of rotatable bonds is 3. The van der Waals surface area contributed by atoms with E-state index in [1.165, 1.54) is 11.3 Å². The van der Waals surface area contributed by atoms with Gasteiger partial charge in [-0.15, -0.1) is 11.3 Å². The highest BCUT2D eigenvalue weighted by Gasteiger charge is 2.25. The van der Waals surface area contributed by atoms with E-state index in [1.54, 1.807) is 6.07 Å². The zero-order chi connectivity index (χ0) is 10.7. The van der Waals surface area contributed by atoms with Crippen LogP contribution < -0.4 is 0 Å². The van der Waals surface area contributed by atoms with Crippen molar-refractivity contribution >= 4 is 17.3 Å². The van der Waals surface area contributed by atoms with Gasteiger partial charge in [-0.25, -0.2) is 4.79 Å². The molecule has 2 heterocycles. The lowest BCUT2D eigenvalue weighted by atomic mass is 10.1. The van der Waals surface area contributed by atoms with Gasteiger partial charge in [0.25, 0.3) is 0 Å². The van der Waals surface area contributed by atoms with Crippen molar-refractivity contribution in [3.63, 3.8) is 0 Å². The molecule has 0 spiro atoms. The first-order chi connectivity index (χ1) is 7.27. The minimum atomic E-state index is -0.243. The fourth-order valence-electron chi connectivity index (χ4n) is 1.67. The van der Waals surface area contributed by atoms with Crippen molar-refractivity contribution in [1.82, 2.24) is 0 Å². The first-order valence-electron chi connectivity index (χ1n) is 5.13. The number of carbonyl (C=O) groups is 1. The summed E-state index contributed by atoms with van der Waals surface area (Å²) in [5.74, 6) is -0.243. The standard InChI is InChI=1S/C11H14O3S/c1-8(9-4-2-6-13-9)14-11(12)10-5-3-7-15-10/h3,5,7-9H,2,4,6H2,1H3. The number of hydrogen-bond acceptors (Lipinski definition) is 4. The highest BCUT2D eigenvalue weighted by Crippen LogP contribution is 2.19. The van der Waals surface area contributed by atoms with Crippen LogP contribution in [0, 0.1) is 0 Å². The lowest BCUT2D eigenvalue weighted by Crippen LogP contribution is -2.27. The maximum atomic E-state index is 11.6. The summed E-state index contributed by atoms with van der Waals surface area (Å²) in [6, 6.07) is 3.62. The van der Waals surface area contributed by atoms with E-state index in [0.717, 1.165) is 19.4 Å². The van der Waals surface area contributed by atoms with Crippen LogP contribution in [0.4, 0.5) is 0 Å². The molecular formula is C11H14O3S. The number of carbonyl (C=O) groups excluding carboxylic acids is 1. The quantitative estimate of drug-likeness (QED) is 0.743. The highest BCUT2D eigenvalue weighted by molar-refractivity contribution is 7.11. The van der Waals surface area contributed by atoms with Crippen LogP contribution in [0.15, 0.2) is 17.5 Å². The Hall–Kier alpha value is -0.870. The predicted molar refractivity (Wildman–Crippen MR) is 58.2 cm³/mol. The molecule has 3 nitrogen and oxygen atoms in total. The monoisotopic (exact) mass is 226 g/mol. The van der Waals surface area contributed by atoms with Crippen molar-refractivity contribution in [3.05, 3.63) is 22.4 Å². The molecule has 1 aliphatic heterocycles. The van der Waals surface area contributed by atoms with E-state index < -0.39 is 0 Å². The van der Waals surface area contributed by atoms with E-state index in [1.807, 2.05) is 18.4 Å². The van der Waals surface area contributed by atoms with Gasteiger partial charge in [0, 0.05) is 6.61 Å². The van der Waals surface area contributed by atoms with Crippen molar-refractivity contribution in [2.45, 2.75) is 32.0 Å². The molecule has 0 N–H and O–H groups in total. The average Bonchev–Trinajstić information content (AvgIpc) is 2.91. The third-order valence-corrected chi connectivity index (χ3v) is 3.35. The third-order valence-electron chi connectivity index (χ3n) is 2.50. The summed E-state index contributed by atoms with van der Waals surface area (Å²) < 4.78 is 10.8. The van der Waals surface area contributed by atoms with Gasteiger partial charge < -0.3 is 9.47 Å². The SMILES string of the molecule is CC(OC(=O)c1cccs1)C1CCCO1. The average molecular weight is 226 g/mol. The summed E-state index contributed by atoms with van der Waals surface area (Å²) in [5.41, 5.74) is 0. The van der Waals surface area contributed by atoms with Gasteiger partial charge in [-0.3, -0.25) is 0 Å². The number of thiophene rings is 1. The van der Waals surface area contributed by atoms with Crippen molar-refractivity contribution in [1.29, 1.82) is 0 Å². The first kappa shape index (κ1) is 10.6. The zero-order valence-electron chi connectivity index (χ0n) is 8.64. The molecule has 2 atom stereocenters. The molecule has 0 amide bonds. The Bertz CT molecular complexity index is 315. The Kier molecular flexibility index (Phi) is 3.38. The number of ether oxygens (including phenoxy) is 2. The van der Waals surface area contributed by atoms with Gasteiger partial charge in [0.05, 0.1) is 6.10 Å². The molecule has 82 valence electrons. The van der Waals surface area contributed by atoms with Crippen LogP contribution in [0.25, 0.3) is 0 Å². The van der Waals surface area contributed by atoms with Gasteiger partial charge in [0.1, 0.15) is 11.0 Å². The van der Waals surface area contributed by atoms with Gasteiger partial charge in [-0.05, 0) is 31.2 Å². The van der Waals surface area contributed by atoms with Gasteiger partial charge in [0.15, 0.2) is 0 Å². The normalized spacial score (nSPS) is 22.6. The molecule has 0 saturated carbocycles. The third kappa shape index (κ3) is 2.58. The Morgan fingerprint density at radius 2 is 2.60 bits per heavy atom. The van der Waals surface area contributed by atoms with Gasteiger partial charge in [-0.1, -0.05) is 6.07 Å². The van der Waals surface area contributed by atoms with E-state index in [-0.39, 0.29) is 18.2 Å². The van der Waals surface area contributed by atoms with Crippen molar-refractivity contribution < 1.29 is 14.3 Å². The fraction of sp³-hybridized carbons (Fsp3) is 0.545. The Labute approximate surface area is 93.0 Å². The second-order valence-electron chi connectivity index (χ2n) is 3.64. The summed E-state index contributed by atoms with van der Waals surface area (Å²) in [6.07, 6.45) is 1.97. The van der Waals surface area contributed by atoms with E-state index in [0.29, 0.717) is 4.88 Å². The van der Waals surface area contributed by atoms with Crippen LogP contribution in [-0.4, -0.2) is 24.8 Å². The molecular weight excluding hydrogens is 212 g/mol. The molecule has 2 rings (SSSR count). The zero-order valence-corrected chi connectivity index (χ0v) is 9.46. The smallest absolute Gasteiger partial charge is 0.348 e. The molecule has 15 heavy (non-hydrogen) atoms. The van der Waals surface area contributed by atoms with Crippen LogP contribution in [0.1, 0.15) is 29.4 Å². The first-order valence-corrected chi connectivity index (χ1v) is 6.01. The van der Waals surface area contributed by atoms with Crippen molar-refractivity contribution in [2.24, 2.45) is 0 Å². The lowest BCUT2D eigenvalue weighted by Gasteiger charge is -2.18. The maximum Gasteiger partial charge on any atom is 0.348 e. The molecule has 1 fully saturated rings. The summed E-state index contributed by atoms with van der Waals surface area (Å²) >= 11 is 1.40. The fourth-order valence-corrected chi connectivity index (χ4v) is 2.28. The molecule has 1 saturated heterocycles. The predicted octanol–water partition coefficient (Wildman–Crippen LogP) is 2.47. The molecule has 1 aromatic rings. The van der Waals surface area contributed by atoms with Crippen LogP contribution >= 0.6 is 11.3 Å². The Morgan fingerprint density at radius 1 is 1.73 bits per heavy atom. The molecule has 0 radical (unpaired) electrons. The summed E-state index contributed by atoms with van der Waals surface area (Å²) in [6.45, 7) is 2.67. The molecule has 1 aliphatic rings. The van der Waals surface area contributed by atoms with Crippen LogP contribution in [-0.2, 0) is 9.47 Å². The van der Waals surface area contributed by atoms with Gasteiger partial charge >= 0.3 is 5.97 Å². The number of hydrogen-bond donors (Lipinski definition) is 0. The van der Waals surface area contributed by atoms with Crippen LogP contribution in [0.5, 0.6) is 0 Å². The maximum absolute atomic E-state index is 11.6. The van der Waals surface area contributed by atoms with E-state index in [2.05, 4.69) is 0 Å². The van der Waals surface area contributed by atoms with Crippen molar-refractivity contribution in [2.75, 3.05) is 6.61 Å².